The molecule has 16 heavy (non-hydrogen) atoms. The van der Waals surface area contributed by atoms with Gasteiger partial charge in [0.05, 0.1) is 5.41 Å². The Labute approximate surface area is 96.2 Å². The van der Waals surface area contributed by atoms with Crippen molar-refractivity contribution >= 4 is 12.1 Å². The third-order valence-corrected chi connectivity index (χ3v) is 2.32. The Morgan fingerprint density at radius 1 is 1.25 bits per heavy atom. The maximum Gasteiger partial charge on any atom is 0.407 e. The molecule has 0 bridgehead atoms. The molecular weight excluding hydrogens is 210 g/mol. The number of aliphatic carboxylic acids is 1. The number of carboxylic acid groups (broad SMARTS) is 1. The lowest BCUT2D eigenvalue weighted by Gasteiger charge is -2.25. The normalized spacial score (nSPS) is 15.1. The minimum atomic E-state index is -0.948. The van der Waals surface area contributed by atoms with Crippen molar-refractivity contribution in [2.24, 2.45) is 5.41 Å². The zero-order valence-corrected chi connectivity index (χ0v) is 10.6. The third-order valence-electron chi connectivity index (χ3n) is 2.32. The van der Waals surface area contributed by atoms with Gasteiger partial charge in [0.15, 0.2) is 0 Å². The molecule has 0 aliphatic heterocycles. The summed E-state index contributed by atoms with van der Waals surface area (Å²) in [5.41, 5.74) is -1.52. The number of carboxylic acids is 1. The van der Waals surface area contributed by atoms with Crippen molar-refractivity contribution in [3.63, 3.8) is 0 Å². The van der Waals surface area contributed by atoms with E-state index in [9.17, 15) is 9.59 Å². The first-order chi connectivity index (χ1) is 7.10. The smallest absolute Gasteiger partial charge is 0.407 e. The number of alkyl carbamates (subject to hydrolysis) is 1. The first-order valence-electron chi connectivity index (χ1n) is 5.31. The molecule has 0 aromatic rings. The molecule has 0 radical (unpaired) electrons. The summed E-state index contributed by atoms with van der Waals surface area (Å²) in [6, 6.07) is 0. The molecule has 0 saturated carbocycles. The van der Waals surface area contributed by atoms with Crippen molar-refractivity contribution in [1.82, 2.24) is 5.32 Å². The number of ether oxygens (including phenoxy) is 1. The SMILES string of the molecule is CC[C@](C)(CNC(=O)OC(C)(C)C)C(=O)O. The average molecular weight is 231 g/mol. The van der Waals surface area contributed by atoms with Crippen LogP contribution in [-0.4, -0.2) is 29.3 Å². The molecule has 5 nitrogen and oxygen atoms in total. The second-order valence-electron chi connectivity index (χ2n) is 5.07. The summed E-state index contributed by atoms with van der Waals surface area (Å²) in [6.07, 6.45) is -0.147. The van der Waals surface area contributed by atoms with E-state index >= 15 is 0 Å². The lowest BCUT2D eigenvalue weighted by Crippen LogP contribution is -2.42. The molecule has 0 aliphatic carbocycles. The standard InChI is InChI=1S/C11H21NO4/c1-6-11(5,8(13)14)7-12-9(15)16-10(2,3)4/h6-7H2,1-5H3,(H,12,15)(H,13,14)/t11-/m1/s1. The molecule has 2 N–H and O–H groups in total. The predicted octanol–water partition coefficient (Wildman–Crippen LogP) is 2.01. The van der Waals surface area contributed by atoms with Gasteiger partial charge in [0.2, 0.25) is 0 Å². The monoisotopic (exact) mass is 231 g/mol. The second-order valence-corrected chi connectivity index (χ2v) is 5.07. The molecule has 0 aromatic carbocycles. The van der Waals surface area contributed by atoms with Crippen LogP contribution in [0.4, 0.5) is 4.79 Å². The summed E-state index contributed by atoms with van der Waals surface area (Å²) >= 11 is 0. The highest BCUT2D eigenvalue weighted by molar-refractivity contribution is 5.76. The van der Waals surface area contributed by atoms with E-state index in [1.807, 2.05) is 0 Å². The van der Waals surface area contributed by atoms with E-state index in [1.54, 1.807) is 34.6 Å². The van der Waals surface area contributed by atoms with Gasteiger partial charge in [-0.2, -0.15) is 0 Å². The molecule has 1 atom stereocenters. The van der Waals surface area contributed by atoms with Crippen LogP contribution in [0, 0.1) is 5.41 Å². The summed E-state index contributed by atoms with van der Waals surface area (Å²) in [7, 11) is 0. The summed E-state index contributed by atoms with van der Waals surface area (Å²) in [6.45, 7) is 8.68. The average Bonchev–Trinajstić information content (AvgIpc) is 2.11. The highest BCUT2D eigenvalue weighted by atomic mass is 16.6. The van der Waals surface area contributed by atoms with E-state index < -0.39 is 23.1 Å². The first-order valence-corrected chi connectivity index (χ1v) is 5.31. The second kappa shape index (κ2) is 5.18. The summed E-state index contributed by atoms with van der Waals surface area (Å²) in [5, 5.41) is 11.5. The third kappa shape index (κ3) is 5.00. The molecule has 0 rings (SSSR count). The van der Waals surface area contributed by atoms with E-state index in [2.05, 4.69) is 5.32 Å². The lowest BCUT2D eigenvalue weighted by atomic mass is 9.88. The number of amides is 1. The fraction of sp³-hybridized carbons (Fsp3) is 0.818. The van der Waals surface area contributed by atoms with Crippen LogP contribution in [0.5, 0.6) is 0 Å². The van der Waals surface area contributed by atoms with Gasteiger partial charge < -0.3 is 15.2 Å². The van der Waals surface area contributed by atoms with Crippen molar-refractivity contribution in [3.05, 3.63) is 0 Å². The number of nitrogens with one attached hydrogen (secondary N) is 1. The van der Waals surface area contributed by atoms with Gasteiger partial charge in [-0.1, -0.05) is 6.92 Å². The van der Waals surface area contributed by atoms with Gasteiger partial charge in [0.25, 0.3) is 0 Å². The van der Waals surface area contributed by atoms with E-state index in [4.69, 9.17) is 9.84 Å². The van der Waals surface area contributed by atoms with Gasteiger partial charge >= 0.3 is 12.1 Å². The molecule has 1 amide bonds. The van der Waals surface area contributed by atoms with Gasteiger partial charge in [-0.05, 0) is 34.1 Å². The zero-order chi connectivity index (χ0) is 13.0. The molecule has 0 aromatic heterocycles. The molecule has 0 heterocycles. The van der Waals surface area contributed by atoms with Gasteiger partial charge in [0, 0.05) is 6.54 Å². The van der Waals surface area contributed by atoms with Crippen LogP contribution in [0.3, 0.4) is 0 Å². The minimum absolute atomic E-state index is 0.0632. The van der Waals surface area contributed by atoms with Gasteiger partial charge in [0.1, 0.15) is 5.60 Å². The predicted molar refractivity (Wildman–Crippen MR) is 60.3 cm³/mol. The van der Waals surface area contributed by atoms with Gasteiger partial charge in [-0.3, -0.25) is 4.79 Å². The Balaban J connectivity index is 4.24. The largest absolute Gasteiger partial charge is 0.481 e. The Hall–Kier alpha value is -1.26. The molecule has 0 spiro atoms. The van der Waals surface area contributed by atoms with Gasteiger partial charge in [-0.15, -0.1) is 0 Å². The lowest BCUT2D eigenvalue weighted by molar-refractivity contribution is -0.147. The minimum Gasteiger partial charge on any atom is -0.481 e. The Bertz CT molecular complexity index is 270. The van der Waals surface area contributed by atoms with Crippen LogP contribution >= 0.6 is 0 Å². The quantitative estimate of drug-likeness (QED) is 0.776. The number of carbonyl (C=O) groups excluding carboxylic acids is 1. The highest BCUT2D eigenvalue weighted by Crippen LogP contribution is 2.20. The van der Waals surface area contributed by atoms with E-state index in [0.29, 0.717) is 6.42 Å². The molecule has 94 valence electrons. The molecular formula is C11H21NO4. The summed E-state index contributed by atoms with van der Waals surface area (Å²) in [5.74, 6) is -0.925. The van der Waals surface area contributed by atoms with Crippen LogP contribution in [0.1, 0.15) is 41.0 Å². The van der Waals surface area contributed by atoms with Crippen LogP contribution in [0.2, 0.25) is 0 Å². The number of carbonyl (C=O) groups is 2. The van der Waals surface area contributed by atoms with Crippen molar-refractivity contribution < 1.29 is 19.4 Å². The van der Waals surface area contributed by atoms with Crippen LogP contribution in [0.25, 0.3) is 0 Å². The summed E-state index contributed by atoms with van der Waals surface area (Å²) in [4.78, 5) is 22.3. The van der Waals surface area contributed by atoms with Crippen molar-refractivity contribution in [2.75, 3.05) is 6.54 Å². The number of hydrogen-bond donors (Lipinski definition) is 2. The van der Waals surface area contributed by atoms with Crippen LogP contribution < -0.4 is 5.32 Å². The van der Waals surface area contributed by atoms with Crippen LogP contribution in [-0.2, 0) is 9.53 Å². The van der Waals surface area contributed by atoms with Crippen molar-refractivity contribution in [2.45, 2.75) is 46.6 Å². The Morgan fingerprint density at radius 3 is 2.06 bits per heavy atom. The maximum atomic E-state index is 11.3. The zero-order valence-electron chi connectivity index (χ0n) is 10.6. The van der Waals surface area contributed by atoms with Crippen molar-refractivity contribution in [3.8, 4) is 0 Å². The summed E-state index contributed by atoms with van der Waals surface area (Å²) < 4.78 is 5.01. The molecule has 0 unspecified atom stereocenters. The molecule has 5 heteroatoms. The molecule has 0 fully saturated rings. The van der Waals surface area contributed by atoms with Crippen LogP contribution in [0.15, 0.2) is 0 Å². The van der Waals surface area contributed by atoms with Gasteiger partial charge in [-0.25, -0.2) is 4.79 Å². The highest BCUT2D eigenvalue weighted by Gasteiger charge is 2.32. The molecule has 0 saturated heterocycles. The number of hydrogen-bond acceptors (Lipinski definition) is 3. The van der Waals surface area contributed by atoms with E-state index in [-0.39, 0.29) is 6.54 Å². The Kier molecular flexibility index (Phi) is 4.78. The fourth-order valence-corrected chi connectivity index (χ4v) is 0.933. The Morgan fingerprint density at radius 2 is 1.75 bits per heavy atom. The topological polar surface area (TPSA) is 75.6 Å². The fourth-order valence-electron chi connectivity index (χ4n) is 0.933. The van der Waals surface area contributed by atoms with E-state index in [0.717, 1.165) is 0 Å². The maximum absolute atomic E-state index is 11.3. The van der Waals surface area contributed by atoms with Crippen molar-refractivity contribution in [1.29, 1.82) is 0 Å². The number of rotatable bonds is 4. The molecule has 0 aliphatic rings. The van der Waals surface area contributed by atoms with E-state index in [1.165, 1.54) is 0 Å². The first kappa shape index (κ1) is 14.7.